The summed E-state index contributed by atoms with van der Waals surface area (Å²) in [6, 6.07) is 19.0. The zero-order chi connectivity index (χ0) is 21.6. The van der Waals surface area contributed by atoms with Gasteiger partial charge in [-0.15, -0.1) is 0 Å². The van der Waals surface area contributed by atoms with Gasteiger partial charge in [0.1, 0.15) is 13.2 Å². The minimum Gasteiger partial charge on any atom is -0.486 e. The Morgan fingerprint density at radius 3 is 2.35 bits per heavy atom. The van der Waals surface area contributed by atoms with Gasteiger partial charge in [0.15, 0.2) is 11.5 Å². The second-order valence-electron chi connectivity index (χ2n) is 6.77. The Morgan fingerprint density at radius 2 is 1.55 bits per heavy atom. The molecule has 0 fully saturated rings. The van der Waals surface area contributed by atoms with E-state index in [1.165, 1.54) is 0 Å². The number of para-hydroxylation sites is 1. The first-order valence-corrected chi connectivity index (χ1v) is 10.1. The van der Waals surface area contributed by atoms with Gasteiger partial charge >= 0.3 is 0 Å². The second kappa shape index (κ2) is 9.40. The van der Waals surface area contributed by atoms with E-state index in [4.69, 9.17) is 21.1 Å². The van der Waals surface area contributed by atoms with Crippen LogP contribution >= 0.6 is 11.6 Å². The zero-order valence-electron chi connectivity index (χ0n) is 16.5. The Kier molecular flexibility index (Phi) is 6.24. The quantitative estimate of drug-likeness (QED) is 0.531. The maximum Gasteiger partial charge on any atom is 0.257 e. The molecule has 3 N–H and O–H groups in total. The van der Waals surface area contributed by atoms with Gasteiger partial charge < -0.3 is 25.4 Å². The number of benzene rings is 3. The van der Waals surface area contributed by atoms with E-state index < -0.39 is 0 Å². The number of amides is 2. The van der Waals surface area contributed by atoms with E-state index in [1.807, 2.05) is 0 Å². The fraction of sp³-hybridized carbons (Fsp3) is 0.130. The maximum atomic E-state index is 12.7. The van der Waals surface area contributed by atoms with Gasteiger partial charge in [-0.25, -0.2) is 0 Å². The van der Waals surface area contributed by atoms with Gasteiger partial charge in [-0.1, -0.05) is 23.7 Å². The van der Waals surface area contributed by atoms with Crippen molar-refractivity contribution in [2.75, 3.05) is 35.7 Å². The van der Waals surface area contributed by atoms with E-state index in [-0.39, 0.29) is 18.4 Å². The molecule has 31 heavy (non-hydrogen) atoms. The van der Waals surface area contributed by atoms with Crippen LogP contribution in [-0.4, -0.2) is 31.6 Å². The molecule has 3 aromatic carbocycles. The molecule has 2 amide bonds. The third-order valence-electron chi connectivity index (χ3n) is 4.54. The summed E-state index contributed by atoms with van der Waals surface area (Å²) in [6.07, 6.45) is 0. The molecule has 0 atom stereocenters. The first-order valence-electron chi connectivity index (χ1n) is 9.68. The van der Waals surface area contributed by atoms with Crippen LogP contribution in [0, 0.1) is 0 Å². The number of nitrogens with one attached hydrogen (secondary N) is 3. The van der Waals surface area contributed by atoms with Crippen molar-refractivity contribution in [3.63, 3.8) is 0 Å². The highest BCUT2D eigenvalue weighted by Crippen LogP contribution is 2.32. The van der Waals surface area contributed by atoms with Crippen molar-refractivity contribution in [3.05, 3.63) is 77.3 Å². The summed E-state index contributed by atoms with van der Waals surface area (Å²) in [5.74, 6) is 0.700. The summed E-state index contributed by atoms with van der Waals surface area (Å²) >= 11 is 5.88. The molecule has 4 rings (SSSR count). The lowest BCUT2D eigenvalue weighted by Gasteiger charge is -2.19. The zero-order valence-corrected chi connectivity index (χ0v) is 17.2. The van der Waals surface area contributed by atoms with Gasteiger partial charge in [-0.3, -0.25) is 9.59 Å². The topological polar surface area (TPSA) is 88.7 Å². The van der Waals surface area contributed by atoms with E-state index in [9.17, 15) is 9.59 Å². The molecule has 158 valence electrons. The molecule has 1 heterocycles. The molecule has 0 aliphatic carbocycles. The number of rotatable bonds is 6. The fourth-order valence-electron chi connectivity index (χ4n) is 3.07. The molecule has 0 unspecified atom stereocenters. The molecule has 7 nitrogen and oxygen atoms in total. The van der Waals surface area contributed by atoms with Gasteiger partial charge in [0, 0.05) is 28.2 Å². The van der Waals surface area contributed by atoms with Crippen LogP contribution in [0.5, 0.6) is 11.5 Å². The molecule has 0 radical (unpaired) electrons. The third kappa shape index (κ3) is 5.26. The van der Waals surface area contributed by atoms with Crippen LogP contribution in [0.4, 0.5) is 17.1 Å². The normalized spacial score (nSPS) is 12.0. The van der Waals surface area contributed by atoms with E-state index in [0.717, 1.165) is 0 Å². The second-order valence-corrected chi connectivity index (χ2v) is 7.20. The number of anilines is 3. The molecule has 0 aromatic heterocycles. The van der Waals surface area contributed by atoms with Crippen molar-refractivity contribution in [3.8, 4) is 11.5 Å². The maximum absolute atomic E-state index is 12.7. The van der Waals surface area contributed by atoms with Gasteiger partial charge in [0.05, 0.1) is 12.1 Å². The predicted molar refractivity (Wildman–Crippen MR) is 120 cm³/mol. The van der Waals surface area contributed by atoms with Crippen LogP contribution in [0.25, 0.3) is 0 Å². The highest BCUT2D eigenvalue weighted by Gasteiger charge is 2.14. The Bertz CT molecular complexity index is 1100. The number of ether oxygens (including phenoxy) is 2. The van der Waals surface area contributed by atoms with E-state index in [2.05, 4.69) is 16.0 Å². The van der Waals surface area contributed by atoms with Crippen molar-refractivity contribution in [2.24, 2.45) is 0 Å². The highest BCUT2D eigenvalue weighted by molar-refractivity contribution is 6.30. The van der Waals surface area contributed by atoms with Crippen LogP contribution in [-0.2, 0) is 4.79 Å². The molecule has 0 bridgehead atoms. The van der Waals surface area contributed by atoms with Crippen LogP contribution in [0.15, 0.2) is 66.7 Å². The van der Waals surface area contributed by atoms with Crippen molar-refractivity contribution in [2.45, 2.75) is 0 Å². The summed E-state index contributed by atoms with van der Waals surface area (Å²) in [5.41, 5.74) is 2.20. The molecular formula is C23H20ClN3O4. The standard InChI is InChI=1S/C23H20ClN3O4/c24-15-5-7-16(8-6-15)27-23(29)18-3-1-2-4-19(18)25-14-22(28)26-17-9-10-20-21(13-17)31-12-11-30-20/h1-10,13,25H,11-12,14H2,(H,26,28)(H,27,29). The molecule has 0 saturated heterocycles. The largest absolute Gasteiger partial charge is 0.486 e. The van der Waals surface area contributed by atoms with Crippen LogP contribution < -0.4 is 25.4 Å². The molecule has 3 aromatic rings. The van der Waals surface area contributed by atoms with E-state index >= 15 is 0 Å². The Labute approximate surface area is 184 Å². The van der Waals surface area contributed by atoms with Crippen molar-refractivity contribution in [1.82, 2.24) is 0 Å². The number of carbonyl (C=O) groups excluding carboxylic acids is 2. The fourth-order valence-corrected chi connectivity index (χ4v) is 3.19. The smallest absolute Gasteiger partial charge is 0.257 e. The van der Waals surface area contributed by atoms with E-state index in [0.29, 0.717) is 52.4 Å². The third-order valence-corrected chi connectivity index (χ3v) is 4.79. The van der Waals surface area contributed by atoms with Gasteiger partial charge in [-0.05, 0) is 48.5 Å². The molecule has 0 spiro atoms. The molecule has 8 heteroatoms. The van der Waals surface area contributed by atoms with Gasteiger partial charge in [0.25, 0.3) is 5.91 Å². The van der Waals surface area contributed by atoms with E-state index in [1.54, 1.807) is 66.7 Å². The van der Waals surface area contributed by atoms with Crippen LogP contribution in [0.3, 0.4) is 0 Å². The molecule has 1 aliphatic heterocycles. The lowest BCUT2D eigenvalue weighted by Crippen LogP contribution is -2.23. The first-order chi connectivity index (χ1) is 15.1. The lowest BCUT2D eigenvalue weighted by atomic mass is 10.1. The number of halogens is 1. The van der Waals surface area contributed by atoms with Crippen molar-refractivity contribution < 1.29 is 19.1 Å². The monoisotopic (exact) mass is 437 g/mol. The summed E-state index contributed by atoms with van der Waals surface area (Å²) in [7, 11) is 0. The average molecular weight is 438 g/mol. The summed E-state index contributed by atoms with van der Waals surface area (Å²) in [5, 5.41) is 9.23. The highest BCUT2D eigenvalue weighted by atomic mass is 35.5. The van der Waals surface area contributed by atoms with Crippen molar-refractivity contribution in [1.29, 1.82) is 0 Å². The number of fused-ring (bicyclic) bond motifs is 1. The molecule has 1 aliphatic rings. The predicted octanol–water partition coefficient (Wildman–Crippen LogP) is 4.41. The van der Waals surface area contributed by atoms with Crippen LogP contribution in [0.2, 0.25) is 5.02 Å². The average Bonchev–Trinajstić information content (AvgIpc) is 2.79. The number of hydrogen-bond donors (Lipinski definition) is 3. The Balaban J connectivity index is 1.38. The Hall–Kier alpha value is -3.71. The summed E-state index contributed by atoms with van der Waals surface area (Å²) < 4.78 is 11.0. The van der Waals surface area contributed by atoms with Crippen LogP contribution in [0.1, 0.15) is 10.4 Å². The number of hydrogen-bond acceptors (Lipinski definition) is 5. The van der Waals surface area contributed by atoms with Gasteiger partial charge in [-0.2, -0.15) is 0 Å². The molecule has 0 saturated carbocycles. The Morgan fingerprint density at radius 1 is 0.839 bits per heavy atom. The molecular weight excluding hydrogens is 418 g/mol. The minimum atomic E-state index is -0.294. The SMILES string of the molecule is O=C(CNc1ccccc1C(=O)Nc1ccc(Cl)cc1)Nc1ccc2c(c1)OCCO2. The first kappa shape index (κ1) is 20.6. The summed E-state index contributed by atoms with van der Waals surface area (Å²) in [4.78, 5) is 25.1. The van der Waals surface area contributed by atoms with Crippen molar-refractivity contribution >= 4 is 40.5 Å². The minimum absolute atomic E-state index is 0.0142. The van der Waals surface area contributed by atoms with Gasteiger partial charge in [0.2, 0.25) is 5.91 Å². The number of carbonyl (C=O) groups is 2. The summed E-state index contributed by atoms with van der Waals surface area (Å²) in [6.45, 7) is 0.966. The lowest BCUT2D eigenvalue weighted by molar-refractivity contribution is -0.114.